The standard InChI is InChI=1S/C15H26N4O/c1-4-16-13(12-7-11-5-6-14(12)20-11)8-15-17-9-18-19(15)10(2)3/h9-14,16H,4-8H2,1-3H3. The Morgan fingerprint density at radius 2 is 2.30 bits per heavy atom. The average molecular weight is 278 g/mol. The third-order valence-electron chi connectivity index (χ3n) is 4.68. The van der Waals surface area contributed by atoms with Gasteiger partial charge in [-0.05, 0) is 39.7 Å². The lowest BCUT2D eigenvalue weighted by atomic mass is 9.82. The van der Waals surface area contributed by atoms with Gasteiger partial charge in [-0.25, -0.2) is 9.67 Å². The summed E-state index contributed by atoms with van der Waals surface area (Å²) in [5.41, 5.74) is 0. The van der Waals surface area contributed by atoms with Crippen LogP contribution in [0.5, 0.6) is 0 Å². The van der Waals surface area contributed by atoms with Crippen molar-refractivity contribution in [2.75, 3.05) is 6.54 Å². The molecular formula is C15H26N4O. The minimum absolute atomic E-state index is 0.367. The molecule has 3 rings (SSSR count). The number of aromatic nitrogens is 3. The summed E-state index contributed by atoms with van der Waals surface area (Å²) in [5.74, 6) is 1.72. The second-order valence-electron chi connectivity index (χ2n) is 6.36. The SMILES string of the molecule is CCNC(Cc1ncnn1C(C)C)C1CC2CCC1O2. The van der Waals surface area contributed by atoms with Gasteiger partial charge in [-0.3, -0.25) is 0 Å². The summed E-state index contributed by atoms with van der Waals surface area (Å²) in [6.45, 7) is 7.48. The quantitative estimate of drug-likeness (QED) is 0.864. The molecule has 0 amide bonds. The summed E-state index contributed by atoms with van der Waals surface area (Å²) in [6.07, 6.45) is 7.28. The van der Waals surface area contributed by atoms with E-state index in [-0.39, 0.29) is 0 Å². The van der Waals surface area contributed by atoms with Crippen molar-refractivity contribution < 1.29 is 4.74 Å². The maximum atomic E-state index is 6.03. The van der Waals surface area contributed by atoms with Crippen LogP contribution in [0.2, 0.25) is 0 Å². The molecule has 112 valence electrons. The molecule has 1 N–H and O–H groups in total. The van der Waals surface area contributed by atoms with Crippen molar-refractivity contribution in [3.63, 3.8) is 0 Å². The lowest BCUT2D eigenvalue weighted by Gasteiger charge is -2.29. The second-order valence-corrected chi connectivity index (χ2v) is 6.36. The molecule has 2 fully saturated rings. The first-order valence-electron chi connectivity index (χ1n) is 7.96. The van der Waals surface area contributed by atoms with Crippen LogP contribution in [0.15, 0.2) is 6.33 Å². The van der Waals surface area contributed by atoms with Gasteiger partial charge in [0.25, 0.3) is 0 Å². The van der Waals surface area contributed by atoms with Crippen LogP contribution in [0.1, 0.15) is 51.9 Å². The molecule has 2 saturated heterocycles. The lowest BCUT2D eigenvalue weighted by Crippen LogP contribution is -2.42. The molecule has 2 aliphatic heterocycles. The van der Waals surface area contributed by atoms with Crippen LogP contribution in [0.25, 0.3) is 0 Å². The van der Waals surface area contributed by atoms with Crippen molar-refractivity contribution in [1.29, 1.82) is 0 Å². The number of hydrogen-bond donors (Lipinski definition) is 1. The highest BCUT2D eigenvalue weighted by Crippen LogP contribution is 2.41. The third-order valence-corrected chi connectivity index (χ3v) is 4.68. The average Bonchev–Trinajstić information content (AvgIpc) is 3.13. The van der Waals surface area contributed by atoms with E-state index in [1.807, 2.05) is 4.68 Å². The molecule has 1 aromatic rings. The van der Waals surface area contributed by atoms with Crippen LogP contribution in [0.4, 0.5) is 0 Å². The molecule has 3 heterocycles. The maximum absolute atomic E-state index is 6.03. The predicted molar refractivity (Wildman–Crippen MR) is 77.6 cm³/mol. The summed E-state index contributed by atoms with van der Waals surface area (Å²) in [6, 6.07) is 0.822. The number of ether oxygens (including phenoxy) is 1. The maximum Gasteiger partial charge on any atom is 0.138 e. The number of hydrogen-bond acceptors (Lipinski definition) is 4. The Morgan fingerprint density at radius 1 is 1.45 bits per heavy atom. The van der Waals surface area contributed by atoms with E-state index < -0.39 is 0 Å². The van der Waals surface area contributed by atoms with Gasteiger partial charge in [0.05, 0.1) is 12.2 Å². The van der Waals surface area contributed by atoms with Crippen LogP contribution in [0, 0.1) is 5.92 Å². The van der Waals surface area contributed by atoms with E-state index in [0.29, 0.717) is 30.2 Å². The minimum atomic E-state index is 0.367. The van der Waals surface area contributed by atoms with Gasteiger partial charge in [-0.2, -0.15) is 5.10 Å². The van der Waals surface area contributed by atoms with Crippen molar-refractivity contribution >= 4 is 0 Å². The summed E-state index contributed by atoms with van der Waals surface area (Å²) in [7, 11) is 0. The largest absolute Gasteiger partial charge is 0.375 e. The molecule has 0 radical (unpaired) electrons. The smallest absolute Gasteiger partial charge is 0.138 e. The van der Waals surface area contributed by atoms with Crippen LogP contribution in [0.3, 0.4) is 0 Å². The Bertz CT molecular complexity index is 445. The third kappa shape index (κ3) is 2.61. The van der Waals surface area contributed by atoms with Crippen LogP contribution in [-0.4, -0.2) is 39.6 Å². The zero-order valence-electron chi connectivity index (χ0n) is 12.7. The topological polar surface area (TPSA) is 52.0 Å². The van der Waals surface area contributed by atoms with Crippen molar-refractivity contribution in [1.82, 2.24) is 20.1 Å². The minimum Gasteiger partial charge on any atom is -0.375 e. The Hall–Kier alpha value is -0.940. The summed E-state index contributed by atoms with van der Waals surface area (Å²) in [5, 5.41) is 8.00. The fraction of sp³-hybridized carbons (Fsp3) is 0.867. The van der Waals surface area contributed by atoms with Gasteiger partial charge < -0.3 is 10.1 Å². The first-order chi connectivity index (χ1) is 9.69. The molecule has 2 aliphatic rings. The molecular weight excluding hydrogens is 252 g/mol. The fourth-order valence-electron chi connectivity index (χ4n) is 3.79. The van der Waals surface area contributed by atoms with Gasteiger partial charge in [0, 0.05) is 24.4 Å². The van der Waals surface area contributed by atoms with Gasteiger partial charge in [0.15, 0.2) is 0 Å². The fourth-order valence-corrected chi connectivity index (χ4v) is 3.79. The van der Waals surface area contributed by atoms with Gasteiger partial charge >= 0.3 is 0 Å². The Labute approximate surface area is 121 Å². The first-order valence-corrected chi connectivity index (χ1v) is 7.96. The van der Waals surface area contributed by atoms with E-state index in [0.717, 1.165) is 18.8 Å². The van der Waals surface area contributed by atoms with Gasteiger partial charge in [0.2, 0.25) is 0 Å². The Kier molecular flexibility index (Phi) is 4.08. The molecule has 0 saturated carbocycles. The Morgan fingerprint density at radius 3 is 2.90 bits per heavy atom. The van der Waals surface area contributed by atoms with Crippen LogP contribution < -0.4 is 5.32 Å². The summed E-state index contributed by atoms with van der Waals surface area (Å²) >= 11 is 0. The predicted octanol–water partition coefficient (Wildman–Crippen LogP) is 1.95. The van der Waals surface area contributed by atoms with Gasteiger partial charge in [0.1, 0.15) is 12.2 Å². The first kappa shape index (κ1) is 14.0. The normalized spacial score (nSPS) is 30.3. The molecule has 4 atom stereocenters. The number of nitrogens with one attached hydrogen (secondary N) is 1. The number of rotatable bonds is 6. The van der Waals surface area contributed by atoms with Crippen molar-refractivity contribution in [2.24, 2.45) is 5.92 Å². The number of fused-ring (bicyclic) bond motifs is 2. The van der Waals surface area contributed by atoms with Crippen molar-refractivity contribution in [3.8, 4) is 0 Å². The van der Waals surface area contributed by atoms with E-state index in [4.69, 9.17) is 4.74 Å². The van der Waals surface area contributed by atoms with Gasteiger partial charge in [-0.15, -0.1) is 0 Å². The van der Waals surface area contributed by atoms with Crippen LogP contribution in [-0.2, 0) is 11.2 Å². The zero-order valence-corrected chi connectivity index (χ0v) is 12.7. The lowest BCUT2D eigenvalue weighted by molar-refractivity contribution is 0.0856. The Balaban J connectivity index is 1.72. The molecule has 2 bridgehead atoms. The van der Waals surface area contributed by atoms with Crippen molar-refractivity contribution in [2.45, 2.75) is 70.7 Å². The molecule has 0 aromatic carbocycles. The molecule has 20 heavy (non-hydrogen) atoms. The highest BCUT2D eigenvalue weighted by molar-refractivity contribution is 5.00. The van der Waals surface area contributed by atoms with E-state index in [1.165, 1.54) is 19.3 Å². The van der Waals surface area contributed by atoms with E-state index in [1.54, 1.807) is 6.33 Å². The van der Waals surface area contributed by atoms with Crippen molar-refractivity contribution in [3.05, 3.63) is 12.2 Å². The van der Waals surface area contributed by atoms with E-state index in [9.17, 15) is 0 Å². The monoisotopic (exact) mass is 278 g/mol. The molecule has 1 aromatic heterocycles. The molecule has 5 heteroatoms. The molecule has 0 aliphatic carbocycles. The molecule has 4 unspecified atom stereocenters. The number of likely N-dealkylation sites (N-methyl/N-ethyl adjacent to an activating group) is 1. The van der Waals surface area contributed by atoms with E-state index in [2.05, 4.69) is 36.2 Å². The second kappa shape index (κ2) is 5.82. The highest BCUT2D eigenvalue weighted by atomic mass is 16.5. The molecule has 0 spiro atoms. The summed E-state index contributed by atoms with van der Waals surface area (Å²) < 4.78 is 8.07. The number of nitrogens with zero attached hydrogens (tertiary/aromatic N) is 3. The van der Waals surface area contributed by atoms with E-state index >= 15 is 0 Å². The highest BCUT2D eigenvalue weighted by Gasteiger charge is 2.44. The van der Waals surface area contributed by atoms with Gasteiger partial charge in [-0.1, -0.05) is 6.92 Å². The zero-order chi connectivity index (χ0) is 14.1. The summed E-state index contributed by atoms with van der Waals surface area (Å²) in [4.78, 5) is 4.46. The molecule has 5 nitrogen and oxygen atoms in total. The van der Waals surface area contributed by atoms with Crippen LogP contribution >= 0.6 is 0 Å².